The number of ether oxygens (including phenoxy) is 1. The fourth-order valence-electron chi connectivity index (χ4n) is 1.93. The molecule has 0 aromatic carbocycles. The van der Waals surface area contributed by atoms with Gasteiger partial charge in [0.1, 0.15) is 5.76 Å². The van der Waals surface area contributed by atoms with Crippen LogP contribution in [0, 0.1) is 0 Å². The second kappa shape index (κ2) is 2.92. The Balaban J connectivity index is 2.19. The summed E-state index contributed by atoms with van der Waals surface area (Å²) in [6.07, 6.45) is 5.07. The van der Waals surface area contributed by atoms with E-state index in [0.717, 1.165) is 43.4 Å². The summed E-state index contributed by atoms with van der Waals surface area (Å²) in [6.45, 7) is 2.06. The van der Waals surface area contributed by atoms with Gasteiger partial charge < -0.3 is 4.74 Å². The van der Waals surface area contributed by atoms with Gasteiger partial charge in [0.2, 0.25) is 0 Å². The van der Waals surface area contributed by atoms with Crippen LogP contribution in [0.2, 0.25) is 0 Å². The molecule has 1 saturated heterocycles. The predicted molar refractivity (Wildman–Crippen MR) is 45.7 cm³/mol. The summed E-state index contributed by atoms with van der Waals surface area (Å²) >= 11 is 0. The van der Waals surface area contributed by atoms with Gasteiger partial charge in [-0.2, -0.15) is 0 Å². The maximum atomic E-state index is 11.3. The zero-order chi connectivity index (χ0) is 8.55. The largest absolute Gasteiger partial charge is 0.495 e. The van der Waals surface area contributed by atoms with Crippen molar-refractivity contribution >= 4 is 5.78 Å². The number of allylic oxidation sites excluding steroid dienone is 2. The van der Waals surface area contributed by atoms with Crippen molar-refractivity contribution in [3.63, 3.8) is 0 Å². The highest BCUT2D eigenvalue weighted by atomic mass is 16.5. The van der Waals surface area contributed by atoms with Crippen molar-refractivity contribution in [1.29, 1.82) is 0 Å². The highest BCUT2D eigenvalue weighted by molar-refractivity contribution is 5.97. The molecular formula is C10H14O2. The van der Waals surface area contributed by atoms with Gasteiger partial charge in [-0.15, -0.1) is 0 Å². The Kier molecular flexibility index (Phi) is 1.91. The highest BCUT2D eigenvalue weighted by Crippen LogP contribution is 2.32. The molecule has 1 aliphatic carbocycles. The quantitative estimate of drug-likeness (QED) is 0.516. The van der Waals surface area contributed by atoms with Crippen LogP contribution in [0.15, 0.2) is 11.3 Å². The van der Waals surface area contributed by atoms with Crippen molar-refractivity contribution in [2.75, 3.05) is 0 Å². The van der Waals surface area contributed by atoms with Gasteiger partial charge >= 0.3 is 0 Å². The normalized spacial score (nSPS) is 35.8. The van der Waals surface area contributed by atoms with Gasteiger partial charge in [0.25, 0.3) is 0 Å². The molecule has 0 spiro atoms. The molecule has 1 heterocycles. The Morgan fingerprint density at radius 3 is 2.67 bits per heavy atom. The molecule has 0 radical (unpaired) electrons. The topological polar surface area (TPSA) is 26.3 Å². The number of hydrogen-bond acceptors (Lipinski definition) is 2. The maximum Gasteiger partial charge on any atom is 0.162 e. The molecule has 66 valence electrons. The molecule has 2 aliphatic rings. The van der Waals surface area contributed by atoms with E-state index in [0.29, 0.717) is 11.9 Å². The minimum Gasteiger partial charge on any atom is -0.495 e. The molecule has 1 aliphatic heterocycles. The molecule has 1 atom stereocenters. The van der Waals surface area contributed by atoms with Crippen molar-refractivity contribution < 1.29 is 9.53 Å². The van der Waals surface area contributed by atoms with Crippen molar-refractivity contribution in [1.82, 2.24) is 0 Å². The lowest BCUT2D eigenvalue weighted by Crippen LogP contribution is -1.99. The van der Waals surface area contributed by atoms with Gasteiger partial charge in [0.05, 0.1) is 6.10 Å². The van der Waals surface area contributed by atoms with Crippen molar-refractivity contribution in [2.24, 2.45) is 0 Å². The molecule has 0 aromatic rings. The molecule has 0 bridgehead atoms. The molecule has 0 unspecified atom stereocenters. The number of carbonyl (C=O) groups is 1. The first kappa shape index (κ1) is 7.84. The average Bonchev–Trinajstić information content (AvgIpc) is 2.58. The van der Waals surface area contributed by atoms with Gasteiger partial charge in [-0.25, -0.2) is 0 Å². The van der Waals surface area contributed by atoms with Gasteiger partial charge in [-0.3, -0.25) is 4.79 Å². The number of ketones is 1. The molecule has 2 rings (SSSR count). The third kappa shape index (κ3) is 1.26. The van der Waals surface area contributed by atoms with E-state index < -0.39 is 0 Å². The van der Waals surface area contributed by atoms with E-state index in [-0.39, 0.29) is 0 Å². The third-order valence-corrected chi connectivity index (χ3v) is 2.63. The molecule has 1 saturated carbocycles. The van der Waals surface area contributed by atoms with Gasteiger partial charge in [0.15, 0.2) is 5.78 Å². The number of hydrogen-bond donors (Lipinski definition) is 0. The SMILES string of the molecule is C[C@@H]1CC/C(=C2\CCCC2=O)O1. The number of carbonyl (C=O) groups excluding carboxylic acids is 1. The molecule has 2 nitrogen and oxygen atoms in total. The van der Waals surface area contributed by atoms with E-state index in [1.165, 1.54) is 0 Å². The van der Waals surface area contributed by atoms with E-state index in [9.17, 15) is 4.79 Å². The molecule has 12 heavy (non-hydrogen) atoms. The van der Waals surface area contributed by atoms with E-state index in [1.807, 2.05) is 0 Å². The summed E-state index contributed by atoms with van der Waals surface area (Å²) in [4.78, 5) is 11.3. The first-order valence-electron chi connectivity index (χ1n) is 4.69. The summed E-state index contributed by atoms with van der Waals surface area (Å²) in [6, 6.07) is 0. The second-order valence-corrected chi connectivity index (χ2v) is 3.65. The minimum atomic E-state index is 0.319. The lowest BCUT2D eigenvalue weighted by molar-refractivity contribution is -0.114. The van der Waals surface area contributed by atoms with Crippen molar-refractivity contribution in [3.05, 3.63) is 11.3 Å². The van der Waals surface area contributed by atoms with E-state index in [2.05, 4.69) is 6.92 Å². The second-order valence-electron chi connectivity index (χ2n) is 3.65. The van der Waals surface area contributed by atoms with Crippen LogP contribution in [-0.4, -0.2) is 11.9 Å². The summed E-state index contributed by atoms with van der Waals surface area (Å²) in [7, 11) is 0. The first-order chi connectivity index (χ1) is 5.77. The summed E-state index contributed by atoms with van der Waals surface area (Å²) in [5.74, 6) is 1.31. The van der Waals surface area contributed by atoms with Crippen LogP contribution in [0.1, 0.15) is 39.0 Å². The van der Waals surface area contributed by atoms with Crippen molar-refractivity contribution in [3.8, 4) is 0 Å². The Hall–Kier alpha value is -0.790. The summed E-state index contributed by atoms with van der Waals surface area (Å²) in [5, 5.41) is 0. The molecule has 0 aromatic heterocycles. The average molecular weight is 166 g/mol. The zero-order valence-electron chi connectivity index (χ0n) is 7.43. The third-order valence-electron chi connectivity index (χ3n) is 2.63. The smallest absolute Gasteiger partial charge is 0.162 e. The summed E-state index contributed by atoms with van der Waals surface area (Å²) in [5.41, 5.74) is 0.986. The van der Waals surface area contributed by atoms with Crippen LogP contribution in [-0.2, 0) is 9.53 Å². The highest BCUT2D eigenvalue weighted by Gasteiger charge is 2.26. The van der Waals surface area contributed by atoms with Crippen molar-refractivity contribution in [2.45, 2.75) is 45.1 Å². The standard InChI is InChI=1S/C10H14O2/c1-7-5-6-10(12-7)8-3-2-4-9(8)11/h7H,2-6H2,1H3/b10-8-/t7-/m1/s1. The molecule has 0 amide bonds. The van der Waals surface area contributed by atoms with Crippen LogP contribution < -0.4 is 0 Å². The van der Waals surface area contributed by atoms with E-state index in [1.54, 1.807) is 0 Å². The number of Topliss-reactive ketones (excluding diaryl/α,β-unsaturated/α-hetero) is 1. The fourth-order valence-corrected chi connectivity index (χ4v) is 1.93. The van der Waals surface area contributed by atoms with Gasteiger partial charge in [-0.1, -0.05) is 0 Å². The molecular weight excluding hydrogens is 152 g/mol. The Bertz CT molecular complexity index is 240. The van der Waals surface area contributed by atoms with Gasteiger partial charge in [0, 0.05) is 18.4 Å². The lowest BCUT2D eigenvalue weighted by atomic mass is 10.1. The minimum absolute atomic E-state index is 0.319. The number of rotatable bonds is 0. The van der Waals surface area contributed by atoms with Crippen LogP contribution in [0.25, 0.3) is 0 Å². The lowest BCUT2D eigenvalue weighted by Gasteiger charge is -2.05. The van der Waals surface area contributed by atoms with Gasteiger partial charge in [-0.05, 0) is 26.2 Å². The van der Waals surface area contributed by atoms with Crippen LogP contribution in [0.5, 0.6) is 0 Å². The van der Waals surface area contributed by atoms with E-state index >= 15 is 0 Å². The molecule has 2 heteroatoms. The van der Waals surface area contributed by atoms with Crippen LogP contribution >= 0.6 is 0 Å². The van der Waals surface area contributed by atoms with Crippen LogP contribution in [0.4, 0.5) is 0 Å². The molecule has 2 fully saturated rings. The predicted octanol–water partition coefficient (Wildman–Crippen LogP) is 2.19. The maximum absolute atomic E-state index is 11.3. The fraction of sp³-hybridized carbons (Fsp3) is 0.700. The Labute approximate surface area is 72.6 Å². The van der Waals surface area contributed by atoms with Crippen LogP contribution in [0.3, 0.4) is 0 Å². The monoisotopic (exact) mass is 166 g/mol. The summed E-state index contributed by atoms with van der Waals surface area (Å²) < 4.78 is 5.57. The first-order valence-corrected chi connectivity index (χ1v) is 4.69. The zero-order valence-corrected chi connectivity index (χ0v) is 7.43. The molecule has 0 N–H and O–H groups in total. The van der Waals surface area contributed by atoms with E-state index in [4.69, 9.17) is 4.74 Å². The Morgan fingerprint density at radius 2 is 2.17 bits per heavy atom. The Morgan fingerprint density at radius 1 is 1.33 bits per heavy atom.